The molecular formula is C18H23F3N2O4. The van der Waals surface area contributed by atoms with Crippen LogP contribution < -0.4 is 4.90 Å². The number of carbonyl (C=O) groups is 2. The van der Waals surface area contributed by atoms with Crippen molar-refractivity contribution in [2.24, 2.45) is 0 Å². The largest absolute Gasteiger partial charge is 0.478 e. The molecule has 1 N–H and O–H groups in total. The van der Waals surface area contributed by atoms with E-state index >= 15 is 0 Å². The molecule has 1 aromatic rings. The van der Waals surface area contributed by atoms with Gasteiger partial charge in [0, 0.05) is 19.6 Å². The van der Waals surface area contributed by atoms with Crippen molar-refractivity contribution in [3.63, 3.8) is 0 Å². The lowest BCUT2D eigenvalue weighted by Gasteiger charge is -2.32. The van der Waals surface area contributed by atoms with Crippen molar-refractivity contribution in [2.75, 3.05) is 24.5 Å². The number of nitrogens with zero attached hydrogens (tertiary/aromatic N) is 2. The average Bonchev–Trinajstić information content (AvgIpc) is 2.75. The number of hydrogen-bond donors (Lipinski definition) is 1. The fourth-order valence-electron chi connectivity index (χ4n) is 2.98. The van der Waals surface area contributed by atoms with Gasteiger partial charge >= 0.3 is 18.2 Å². The number of anilines is 1. The second-order valence-corrected chi connectivity index (χ2v) is 7.33. The van der Waals surface area contributed by atoms with Gasteiger partial charge in [-0.25, -0.2) is 9.59 Å². The van der Waals surface area contributed by atoms with E-state index in [9.17, 15) is 27.9 Å². The van der Waals surface area contributed by atoms with Gasteiger partial charge < -0.3 is 14.7 Å². The zero-order valence-corrected chi connectivity index (χ0v) is 15.4. The summed E-state index contributed by atoms with van der Waals surface area (Å²) in [5.74, 6) is -1.16. The van der Waals surface area contributed by atoms with Crippen LogP contribution >= 0.6 is 0 Å². The summed E-state index contributed by atoms with van der Waals surface area (Å²) in [6.45, 7) is 4.55. The molecule has 9 heteroatoms. The van der Waals surface area contributed by atoms with E-state index < -0.39 is 29.9 Å². The normalized spacial score (nSPS) is 18.8. The van der Waals surface area contributed by atoms with Crippen LogP contribution in [0, 0.1) is 0 Å². The molecule has 1 amide bonds. The van der Waals surface area contributed by atoms with E-state index in [2.05, 4.69) is 0 Å². The molecule has 0 bridgehead atoms. The Morgan fingerprint density at radius 2 is 1.74 bits per heavy atom. The monoisotopic (exact) mass is 388 g/mol. The minimum absolute atomic E-state index is 0.00627. The van der Waals surface area contributed by atoms with Crippen molar-refractivity contribution in [3.8, 4) is 0 Å². The molecule has 0 saturated carbocycles. The van der Waals surface area contributed by atoms with Crippen molar-refractivity contribution in [1.29, 1.82) is 0 Å². The molecule has 0 aliphatic carbocycles. The number of hydrogen-bond acceptors (Lipinski definition) is 4. The lowest BCUT2D eigenvalue weighted by Crippen LogP contribution is -2.50. The first kappa shape index (κ1) is 20.9. The number of aromatic carboxylic acids is 1. The average molecular weight is 388 g/mol. The number of rotatable bonds is 2. The highest BCUT2D eigenvalue weighted by Gasteiger charge is 2.47. The SMILES string of the molecule is CC(C)(C)OC(=O)N1CCN(c2ccccc2C(=O)O)CCC1C(F)(F)F. The zero-order valence-electron chi connectivity index (χ0n) is 15.4. The molecule has 0 aromatic heterocycles. The van der Waals surface area contributed by atoms with E-state index in [1.54, 1.807) is 43.9 Å². The fourth-order valence-corrected chi connectivity index (χ4v) is 2.98. The highest BCUT2D eigenvalue weighted by molar-refractivity contribution is 5.94. The second-order valence-electron chi connectivity index (χ2n) is 7.33. The van der Waals surface area contributed by atoms with Crippen LogP contribution in [0.25, 0.3) is 0 Å². The Hall–Kier alpha value is -2.45. The molecule has 2 rings (SSSR count). The maximum Gasteiger partial charge on any atom is 0.410 e. The van der Waals surface area contributed by atoms with Gasteiger partial charge in [0.25, 0.3) is 0 Å². The molecular weight excluding hydrogens is 365 g/mol. The highest BCUT2D eigenvalue weighted by atomic mass is 19.4. The Morgan fingerprint density at radius 1 is 1.11 bits per heavy atom. The summed E-state index contributed by atoms with van der Waals surface area (Å²) in [6, 6.07) is 4.13. The highest BCUT2D eigenvalue weighted by Crippen LogP contribution is 2.32. The van der Waals surface area contributed by atoms with Crippen molar-refractivity contribution >= 4 is 17.7 Å². The van der Waals surface area contributed by atoms with Crippen LogP contribution in [-0.4, -0.2) is 59.5 Å². The van der Waals surface area contributed by atoms with Gasteiger partial charge in [0.15, 0.2) is 0 Å². The standard InChI is InChI=1S/C18H23F3N2O4/c1-17(2,3)27-16(26)23-11-10-22(9-8-14(23)18(19,20)21)13-7-5-4-6-12(13)15(24)25/h4-7,14H,8-11H2,1-3H3,(H,24,25). The summed E-state index contributed by atoms with van der Waals surface area (Å²) in [6.07, 6.45) is -6.02. The van der Waals surface area contributed by atoms with Gasteiger partial charge in [-0.05, 0) is 39.3 Å². The lowest BCUT2D eigenvalue weighted by atomic mass is 10.1. The summed E-state index contributed by atoms with van der Waals surface area (Å²) >= 11 is 0. The van der Waals surface area contributed by atoms with Crippen LogP contribution in [-0.2, 0) is 4.74 Å². The summed E-state index contributed by atoms with van der Waals surface area (Å²) in [5.41, 5.74) is -0.585. The number of amides is 1. The van der Waals surface area contributed by atoms with E-state index in [0.29, 0.717) is 10.6 Å². The first-order valence-corrected chi connectivity index (χ1v) is 8.54. The van der Waals surface area contributed by atoms with Gasteiger partial charge in [0.05, 0.1) is 11.3 Å². The molecule has 1 unspecified atom stereocenters. The number of alkyl halides is 3. The first-order valence-electron chi connectivity index (χ1n) is 8.54. The van der Waals surface area contributed by atoms with E-state index in [4.69, 9.17) is 4.74 Å². The van der Waals surface area contributed by atoms with Crippen LogP contribution in [0.15, 0.2) is 24.3 Å². The van der Waals surface area contributed by atoms with Crippen LogP contribution in [0.1, 0.15) is 37.6 Å². The van der Waals surface area contributed by atoms with Gasteiger partial charge in [0.2, 0.25) is 0 Å². The Kier molecular flexibility index (Phi) is 5.91. The molecule has 1 aliphatic heterocycles. The number of benzene rings is 1. The van der Waals surface area contributed by atoms with Crippen molar-refractivity contribution < 1.29 is 32.6 Å². The molecule has 150 valence electrons. The molecule has 0 spiro atoms. The molecule has 1 aliphatic rings. The minimum atomic E-state index is -4.61. The molecule has 1 saturated heterocycles. The quantitative estimate of drug-likeness (QED) is 0.835. The van der Waals surface area contributed by atoms with Gasteiger partial charge in [-0.1, -0.05) is 12.1 Å². The lowest BCUT2D eigenvalue weighted by molar-refractivity contribution is -0.180. The molecule has 1 heterocycles. The third-order valence-electron chi connectivity index (χ3n) is 4.14. The number of halogens is 3. The number of para-hydroxylation sites is 1. The first-order chi connectivity index (χ1) is 12.4. The van der Waals surface area contributed by atoms with Crippen LogP contribution in [0.4, 0.5) is 23.7 Å². The maximum atomic E-state index is 13.5. The molecule has 0 radical (unpaired) electrons. The predicted molar refractivity (Wildman–Crippen MR) is 93.0 cm³/mol. The third-order valence-corrected chi connectivity index (χ3v) is 4.14. The molecule has 6 nitrogen and oxygen atoms in total. The molecule has 27 heavy (non-hydrogen) atoms. The van der Waals surface area contributed by atoms with E-state index in [-0.39, 0.29) is 31.6 Å². The van der Waals surface area contributed by atoms with Crippen molar-refractivity contribution in [2.45, 2.75) is 45.0 Å². The summed E-state index contributed by atoms with van der Waals surface area (Å²) < 4.78 is 45.8. The number of ether oxygens (including phenoxy) is 1. The van der Waals surface area contributed by atoms with E-state index in [1.165, 1.54) is 6.07 Å². The van der Waals surface area contributed by atoms with Gasteiger partial charge in [-0.15, -0.1) is 0 Å². The van der Waals surface area contributed by atoms with Gasteiger partial charge in [-0.3, -0.25) is 4.90 Å². The summed E-state index contributed by atoms with van der Waals surface area (Å²) in [7, 11) is 0. The molecule has 1 fully saturated rings. The number of carboxylic acids is 1. The third kappa shape index (κ3) is 5.27. The Bertz CT molecular complexity index is 701. The van der Waals surface area contributed by atoms with Gasteiger partial charge in [-0.2, -0.15) is 13.2 Å². The topological polar surface area (TPSA) is 70.1 Å². The molecule has 1 aromatic carbocycles. The Labute approximate surface area is 155 Å². The maximum absolute atomic E-state index is 13.5. The summed E-state index contributed by atoms with van der Waals surface area (Å²) in [5, 5.41) is 9.32. The van der Waals surface area contributed by atoms with Crippen LogP contribution in [0.3, 0.4) is 0 Å². The second kappa shape index (κ2) is 7.66. The van der Waals surface area contributed by atoms with E-state index in [0.717, 1.165) is 0 Å². The van der Waals surface area contributed by atoms with E-state index in [1.807, 2.05) is 0 Å². The predicted octanol–water partition coefficient (Wildman–Crippen LogP) is 3.76. The van der Waals surface area contributed by atoms with Crippen LogP contribution in [0.5, 0.6) is 0 Å². The fraction of sp³-hybridized carbons (Fsp3) is 0.556. The smallest absolute Gasteiger partial charge is 0.410 e. The van der Waals surface area contributed by atoms with Crippen LogP contribution in [0.2, 0.25) is 0 Å². The zero-order chi connectivity index (χ0) is 20.4. The Balaban J connectivity index is 2.30. The van der Waals surface area contributed by atoms with Crippen molar-refractivity contribution in [1.82, 2.24) is 4.90 Å². The molecule has 1 atom stereocenters. The van der Waals surface area contributed by atoms with Gasteiger partial charge in [0.1, 0.15) is 11.6 Å². The summed E-state index contributed by atoms with van der Waals surface area (Å²) in [4.78, 5) is 26.0. The number of carbonyl (C=O) groups excluding carboxylic acids is 1. The Morgan fingerprint density at radius 3 is 2.30 bits per heavy atom. The minimum Gasteiger partial charge on any atom is -0.478 e. The number of carboxylic acid groups (broad SMARTS) is 1. The van der Waals surface area contributed by atoms with Crippen molar-refractivity contribution in [3.05, 3.63) is 29.8 Å².